The Balaban J connectivity index is 1.95. The van der Waals surface area contributed by atoms with Crippen molar-refractivity contribution in [2.75, 3.05) is 34.9 Å². The molecular weight excluding hydrogens is 387 g/mol. The fraction of sp³-hybridized carbons (Fsp3) is 0.650. The van der Waals surface area contributed by atoms with Crippen LogP contribution in [0.15, 0.2) is 17.1 Å². The van der Waals surface area contributed by atoms with Crippen molar-refractivity contribution in [2.24, 2.45) is 10.9 Å². The average Bonchev–Trinajstić information content (AvgIpc) is 2.72. The van der Waals surface area contributed by atoms with E-state index in [9.17, 15) is 13.2 Å². The van der Waals surface area contributed by atoms with Crippen molar-refractivity contribution < 1.29 is 27.4 Å². The molecule has 0 spiro atoms. The molecule has 0 aliphatic heterocycles. The van der Waals surface area contributed by atoms with Gasteiger partial charge in [0, 0.05) is 37.3 Å². The second kappa shape index (κ2) is 10.5. The van der Waals surface area contributed by atoms with E-state index < -0.39 is 12.1 Å². The quantitative estimate of drug-likeness (QED) is 0.525. The Morgan fingerprint density at radius 2 is 1.76 bits per heavy atom. The lowest BCUT2D eigenvalue weighted by Gasteiger charge is -2.31. The Morgan fingerprint density at radius 3 is 2.28 bits per heavy atom. The predicted octanol–water partition coefficient (Wildman–Crippen LogP) is 3.54. The van der Waals surface area contributed by atoms with E-state index in [0.29, 0.717) is 49.0 Å². The Bertz CT molecular complexity index is 670. The number of guanidine groups is 1. The van der Waals surface area contributed by atoms with E-state index in [4.69, 9.17) is 14.2 Å². The second-order valence-corrected chi connectivity index (χ2v) is 7.01. The molecule has 1 aliphatic carbocycles. The molecule has 0 saturated heterocycles. The lowest BCUT2D eigenvalue weighted by Crippen LogP contribution is -2.47. The number of alkyl halides is 3. The van der Waals surface area contributed by atoms with Gasteiger partial charge in [0.2, 0.25) is 0 Å². The van der Waals surface area contributed by atoms with E-state index in [0.717, 1.165) is 5.56 Å². The summed E-state index contributed by atoms with van der Waals surface area (Å²) in [5.41, 5.74) is 0.869. The van der Waals surface area contributed by atoms with Gasteiger partial charge in [-0.2, -0.15) is 13.2 Å². The maximum atomic E-state index is 13.0. The minimum atomic E-state index is -4.14. The first-order valence-corrected chi connectivity index (χ1v) is 9.65. The van der Waals surface area contributed by atoms with Gasteiger partial charge in [0.05, 0.1) is 27.2 Å². The molecule has 6 nitrogen and oxygen atoms in total. The van der Waals surface area contributed by atoms with Crippen LogP contribution in [0.25, 0.3) is 0 Å². The van der Waals surface area contributed by atoms with Crippen molar-refractivity contribution in [3.05, 3.63) is 17.7 Å². The highest BCUT2D eigenvalue weighted by atomic mass is 19.4. The first kappa shape index (κ1) is 23.0. The Hall–Kier alpha value is -2.32. The van der Waals surface area contributed by atoms with Gasteiger partial charge in [-0.15, -0.1) is 0 Å². The van der Waals surface area contributed by atoms with Gasteiger partial charge in [-0.1, -0.05) is 6.42 Å². The van der Waals surface area contributed by atoms with E-state index in [2.05, 4.69) is 15.6 Å². The molecule has 2 unspecified atom stereocenters. The Morgan fingerprint density at radius 1 is 1.10 bits per heavy atom. The van der Waals surface area contributed by atoms with Crippen molar-refractivity contribution >= 4 is 5.96 Å². The summed E-state index contributed by atoms with van der Waals surface area (Å²) in [6, 6.07) is 3.32. The largest absolute Gasteiger partial charge is 0.496 e. The summed E-state index contributed by atoms with van der Waals surface area (Å²) in [5, 5.41) is 6.29. The number of methoxy groups -OCH3 is 3. The maximum absolute atomic E-state index is 13.0. The molecule has 2 atom stereocenters. The van der Waals surface area contributed by atoms with E-state index in [1.165, 1.54) is 0 Å². The highest BCUT2D eigenvalue weighted by molar-refractivity contribution is 5.80. The van der Waals surface area contributed by atoms with Gasteiger partial charge < -0.3 is 24.8 Å². The number of halogens is 3. The van der Waals surface area contributed by atoms with Crippen LogP contribution < -0.4 is 24.8 Å². The van der Waals surface area contributed by atoms with E-state index >= 15 is 0 Å². The number of hydrogen-bond donors (Lipinski definition) is 2. The molecule has 1 saturated carbocycles. The van der Waals surface area contributed by atoms with Crippen molar-refractivity contribution in [2.45, 2.75) is 44.3 Å². The van der Waals surface area contributed by atoms with Gasteiger partial charge in [-0.3, -0.25) is 4.99 Å². The smallest absolute Gasteiger partial charge is 0.391 e. The van der Waals surface area contributed by atoms with Crippen molar-refractivity contribution in [1.29, 1.82) is 0 Å². The molecular formula is C20H30F3N3O3. The highest BCUT2D eigenvalue weighted by Crippen LogP contribution is 2.37. The Labute approximate surface area is 169 Å². The van der Waals surface area contributed by atoms with Crippen LogP contribution >= 0.6 is 0 Å². The van der Waals surface area contributed by atoms with Crippen LogP contribution in [0, 0.1) is 5.92 Å². The number of aliphatic imine (C=N–C) groups is 1. The van der Waals surface area contributed by atoms with E-state index in [1.807, 2.05) is 0 Å². The maximum Gasteiger partial charge on any atom is 0.391 e. The van der Waals surface area contributed by atoms with Gasteiger partial charge in [0.15, 0.2) is 5.96 Å². The van der Waals surface area contributed by atoms with Gasteiger partial charge >= 0.3 is 6.18 Å². The molecule has 29 heavy (non-hydrogen) atoms. The first-order chi connectivity index (χ1) is 13.8. The topological polar surface area (TPSA) is 64.1 Å². The third-order valence-corrected chi connectivity index (χ3v) is 5.19. The van der Waals surface area contributed by atoms with E-state index in [1.54, 1.807) is 40.5 Å². The zero-order valence-corrected chi connectivity index (χ0v) is 17.4. The third-order valence-electron chi connectivity index (χ3n) is 5.19. The molecule has 0 amide bonds. The molecule has 164 valence electrons. The zero-order chi connectivity index (χ0) is 21.4. The summed E-state index contributed by atoms with van der Waals surface area (Å²) in [7, 11) is 6.32. The minimum absolute atomic E-state index is 0.0737. The average molecular weight is 417 g/mol. The summed E-state index contributed by atoms with van der Waals surface area (Å²) in [6.45, 7) is 0.508. The van der Waals surface area contributed by atoms with Gasteiger partial charge in [-0.05, 0) is 25.7 Å². The summed E-state index contributed by atoms with van der Waals surface area (Å²) in [5.74, 6) is 1.16. The summed E-state index contributed by atoms with van der Waals surface area (Å²) in [6.07, 6.45) is -2.03. The van der Waals surface area contributed by atoms with Crippen molar-refractivity contribution in [3.8, 4) is 17.2 Å². The molecule has 0 bridgehead atoms. The van der Waals surface area contributed by atoms with Crippen LogP contribution in [-0.2, 0) is 6.42 Å². The normalized spacial score (nSPS) is 20.2. The molecule has 1 aromatic carbocycles. The Kier molecular flexibility index (Phi) is 8.28. The molecule has 2 rings (SSSR count). The molecule has 0 heterocycles. The molecule has 1 aliphatic rings. The van der Waals surface area contributed by atoms with Crippen molar-refractivity contribution in [1.82, 2.24) is 10.6 Å². The number of benzene rings is 1. The molecule has 2 N–H and O–H groups in total. The number of ether oxygens (including phenoxy) is 3. The fourth-order valence-corrected chi connectivity index (χ4v) is 3.64. The highest BCUT2D eigenvalue weighted by Gasteiger charge is 2.42. The summed E-state index contributed by atoms with van der Waals surface area (Å²) >= 11 is 0. The van der Waals surface area contributed by atoms with Crippen LogP contribution in [-0.4, -0.2) is 53.1 Å². The number of hydrogen-bond acceptors (Lipinski definition) is 4. The SMILES string of the molecule is CN=C(NCCc1c(OC)cc(OC)cc1OC)NC1CCCC(C(F)(F)F)C1. The molecule has 1 fully saturated rings. The van der Waals surface area contributed by atoms with Crippen LogP contribution in [0.3, 0.4) is 0 Å². The molecule has 1 aromatic rings. The van der Waals surface area contributed by atoms with Gasteiger partial charge in [-0.25, -0.2) is 0 Å². The minimum Gasteiger partial charge on any atom is -0.496 e. The van der Waals surface area contributed by atoms with Crippen LogP contribution in [0.5, 0.6) is 17.2 Å². The van der Waals surface area contributed by atoms with Crippen molar-refractivity contribution in [3.63, 3.8) is 0 Å². The van der Waals surface area contributed by atoms with E-state index in [-0.39, 0.29) is 18.9 Å². The first-order valence-electron chi connectivity index (χ1n) is 9.65. The van der Waals surface area contributed by atoms with Gasteiger partial charge in [0.1, 0.15) is 17.2 Å². The number of nitrogens with zero attached hydrogens (tertiary/aromatic N) is 1. The summed E-state index contributed by atoms with van der Waals surface area (Å²) in [4.78, 5) is 4.14. The standard InChI is InChI=1S/C20H30F3N3O3/c1-24-19(26-14-7-5-6-13(10-14)20(21,22)23)25-9-8-16-17(28-3)11-15(27-2)12-18(16)29-4/h11-14H,5-10H2,1-4H3,(H2,24,25,26). The number of nitrogens with one attached hydrogen (secondary N) is 2. The molecule has 9 heteroatoms. The van der Waals surface area contributed by atoms with Crippen LogP contribution in [0.4, 0.5) is 13.2 Å². The molecule has 0 radical (unpaired) electrons. The van der Waals surface area contributed by atoms with Crippen LogP contribution in [0.2, 0.25) is 0 Å². The third kappa shape index (κ3) is 6.33. The monoisotopic (exact) mass is 417 g/mol. The zero-order valence-electron chi connectivity index (χ0n) is 17.4. The van der Waals surface area contributed by atoms with Crippen LogP contribution in [0.1, 0.15) is 31.2 Å². The summed E-state index contributed by atoms with van der Waals surface area (Å²) < 4.78 is 55.2. The lowest BCUT2D eigenvalue weighted by atomic mass is 9.85. The predicted molar refractivity (Wildman–Crippen MR) is 106 cm³/mol. The second-order valence-electron chi connectivity index (χ2n) is 7.01. The lowest BCUT2D eigenvalue weighted by molar-refractivity contribution is -0.183. The van der Waals surface area contributed by atoms with Gasteiger partial charge in [0.25, 0.3) is 0 Å². The molecule has 0 aromatic heterocycles. The number of rotatable bonds is 7. The fourth-order valence-electron chi connectivity index (χ4n) is 3.64.